The van der Waals surface area contributed by atoms with Gasteiger partial charge in [-0.25, -0.2) is 8.42 Å². The van der Waals surface area contributed by atoms with Gasteiger partial charge in [0.05, 0.1) is 11.5 Å². The quantitative estimate of drug-likeness (QED) is 0.722. The van der Waals surface area contributed by atoms with E-state index in [0.717, 1.165) is 37.4 Å². The third-order valence-corrected chi connectivity index (χ3v) is 6.89. The Morgan fingerprint density at radius 3 is 2.76 bits per heavy atom. The fraction of sp³-hybridized carbons (Fsp3) is 0.625. The van der Waals surface area contributed by atoms with Crippen molar-refractivity contribution in [3.8, 4) is 0 Å². The average Bonchev–Trinajstić information content (AvgIpc) is 2.44. The molecule has 5 heteroatoms. The first-order valence-electron chi connectivity index (χ1n) is 7.56. The smallest absolute Gasteiger partial charge is 0.150 e. The van der Waals surface area contributed by atoms with E-state index in [0.29, 0.717) is 17.4 Å². The van der Waals surface area contributed by atoms with Gasteiger partial charge in [-0.1, -0.05) is 30.3 Å². The molecule has 1 aromatic rings. The standard InChI is InChI=1S/C16H25NO2S2/c1-17(12-15-6-3-2-4-7-15)9-10-20-13-16-8-5-11-21(18,19)14-16/h2-4,6-7,16H,5,8-14H2,1H3/t16-/m1/s1. The number of thioether (sulfide) groups is 1. The predicted octanol–water partition coefficient (Wildman–Crippen LogP) is 2.68. The highest BCUT2D eigenvalue weighted by Gasteiger charge is 2.24. The largest absolute Gasteiger partial charge is 0.301 e. The second-order valence-electron chi connectivity index (χ2n) is 5.92. The van der Waals surface area contributed by atoms with Crippen LogP contribution in [0.3, 0.4) is 0 Å². The summed E-state index contributed by atoms with van der Waals surface area (Å²) >= 11 is 1.89. The number of nitrogens with zero attached hydrogens (tertiary/aromatic N) is 1. The van der Waals surface area contributed by atoms with Crippen LogP contribution >= 0.6 is 11.8 Å². The molecule has 1 atom stereocenters. The van der Waals surface area contributed by atoms with Crippen LogP contribution in [0.1, 0.15) is 18.4 Å². The molecule has 0 aliphatic carbocycles. The SMILES string of the molecule is CN(CCSC[C@H]1CCCS(=O)(=O)C1)Cc1ccccc1. The fourth-order valence-electron chi connectivity index (χ4n) is 2.69. The predicted molar refractivity (Wildman–Crippen MR) is 91.5 cm³/mol. The number of hydrogen-bond acceptors (Lipinski definition) is 4. The molecule has 1 heterocycles. The van der Waals surface area contributed by atoms with Gasteiger partial charge < -0.3 is 4.90 Å². The Balaban J connectivity index is 1.61. The fourth-order valence-corrected chi connectivity index (χ4v) is 5.84. The summed E-state index contributed by atoms with van der Waals surface area (Å²) in [7, 11) is -0.612. The molecule has 1 saturated heterocycles. The van der Waals surface area contributed by atoms with Gasteiger partial charge >= 0.3 is 0 Å². The molecule has 0 amide bonds. The van der Waals surface area contributed by atoms with E-state index >= 15 is 0 Å². The van der Waals surface area contributed by atoms with Crippen LogP contribution in [0.25, 0.3) is 0 Å². The Labute approximate surface area is 133 Å². The molecule has 0 N–H and O–H groups in total. The Bertz CT molecular complexity index is 516. The second-order valence-corrected chi connectivity index (χ2v) is 9.30. The van der Waals surface area contributed by atoms with Gasteiger partial charge in [-0.3, -0.25) is 0 Å². The second kappa shape index (κ2) is 8.20. The van der Waals surface area contributed by atoms with Crippen LogP contribution in [-0.4, -0.2) is 49.9 Å². The Kier molecular flexibility index (Phi) is 6.58. The van der Waals surface area contributed by atoms with Crippen molar-refractivity contribution >= 4 is 21.6 Å². The Hall–Kier alpha value is -0.520. The lowest BCUT2D eigenvalue weighted by Crippen LogP contribution is -2.27. The van der Waals surface area contributed by atoms with Crippen LogP contribution < -0.4 is 0 Å². The summed E-state index contributed by atoms with van der Waals surface area (Å²) in [4.78, 5) is 2.32. The molecule has 0 spiro atoms. The first-order valence-corrected chi connectivity index (χ1v) is 10.5. The monoisotopic (exact) mass is 327 g/mol. The number of hydrogen-bond donors (Lipinski definition) is 0. The molecule has 21 heavy (non-hydrogen) atoms. The highest BCUT2D eigenvalue weighted by atomic mass is 32.2. The normalized spacial score (nSPS) is 21.5. The maximum atomic E-state index is 11.6. The summed E-state index contributed by atoms with van der Waals surface area (Å²) in [5.74, 6) is 3.22. The van der Waals surface area contributed by atoms with E-state index in [-0.39, 0.29) is 0 Å². The van der Waals surface area contributed by atoms with Gasteiger partial charge in [0.25, 0.3) is 0 Å². The van der Waals surface area contributed by atoms with Gasteiger partial charge in [0, 0.05) is 18.8 Å². The lowest BCUT2D eigenvalue weighted by molar-refractivity contribution is 0.348. The van der Waals surface area contributed by atoms with Crippen LogP contribution in [0.2, 0.25) is 0 Å². The first-order chi connectivity index (χ1) is 10.1. The number of rotatable bonds is 7. The highest BCUT2D eigenvalue weighted by Crippen LogP contribution is 2.22. The summed E-state index contributed by atoms with van der Waals surface area (Å²) in [6, 6.07) is 10.5. The summed E-state index contributed by atoms with van der Waals surface area (Å²) < 4.78 is 23.2. The van der Waals surface area contributed by atoms with Gasteiger partial charge in [0.2, 0.25) is 0 Å². The van der Waals surface area contributed by atoms with Crippen molar-refractivity contribution < 1.29 is 8.42 Å². The van der Waals surface area contributed by atoms with Gasteiger partial charge in [-0.15, -0.1) is 0 Å². The van der Waals surface area contributed by atoms with Gasteiger partial charge in [0.1, 0.15) is 0 Å². The van der Waals surface area contributed by atoms with Gasteiger partial charge in [-0.05, 0) is 37.1 Å². The molecule has 1 fully saturated rings. The van der Waals surface area contributed by atoms with Gasteiger partial charge in [0.15, 0.2) is 9.84 Å². The third kappa shape index (κ3) is 6.41. The zero-order valence-corrected chi connectivity index (χ0v) is 14.3. The van der Waals surface area contributed by atoms with Crippen LogP contribution in [0.4, 0.5) is 0 Å². The number of benzene rings is 1. The van der Waals surface area contributed by atoms with E-state index < -0.39 is 9.84 Å². The van der Waals surface area contributed by atoms with Crippen LogP contribution in [0.15, 0.2) is 30.3 Å². The molecule has 0 bridgehead atoms. The van der Waals surface area contributed by atoms with Crippen molar-refractivity contribution in [2.45, 2.75) is 19.4 Å². The first kappa shape index (κ1) is 16.8. The molecule has 1 aliphatic rings. The molecule has 0 saturated carbocycles. The lowest BCUT2D eigenvalue weighted by atomic mass is 10.1. The maximum absolute atomic E-state index is 11.6. The Morgan fingerprint density at radius 1 is 1.29 bits per heavy atom. The molecule has 1 aliphatic heterocycles. The van der Waals surface area contributed by atoms with Crippen molar-refractivity contribution in [1.29, 1.82) is 0 Å². The minimum Gasteiger partial charge on any atom is -0.301 e. The van der Waals surface area contributed by atoms with E-state index in [1.807, 2.05) is 17.8 Å². The maximum Gasteiger partial charge on any atom is 0.150 e. The molecule has 1 aromatic carbocycles. The van der Waals surface area contributed by atoms with E-state index in [1.165, 1.54) is 5.56 Å². The summed E-state index contributed by atoms with van der Waals surface area (Å²) in [6.45, 7) is 2.01. The van der Waals surface area contributed by atoms with Crippen LogP contribution in [0.5, 0.6) is 0 Å². The third-order valence-electron chi connectivity index (χ3n) is 3.82. The van der Waals surface area contributed by atoms with E-state index in [9.17, 15) is 8.42 Å². The zero-order chi connectivity index (χ0) is 15.1. The molecule has 2 rings (SSSR count). The molecule has 3 nitrogen and oxygen atoms in total. The van der Waals surface area contributed by atoms with Gasteiger partial charge in [-0.2, -0.15) is 11.8 Å². The number of sulfone groups is 1. The zero-order valence-electron chi connectivity index (χ0n) is 12.7. The Morgan fingerprint density at radius 2 is 2.05 bits per heavy atom. The average molecular weight is 328 g/mol. The van der Waals surface area contributed by atoms with Crippen molar-refractivity contribution in [2.24, 2.45) is 5.92 Å². The van der Waals surface area contributed by atoms with Crippen molar-refractivity contribution in [3.05, 3.63) is 35.9 Å². The molecule has 0 radical (unpaired) electrons. The lowest BCUT2D eigenvalue weighted by Gasteiger charge is -2.22. The van der Waals surface area contributed by atoms with Crippen LogP contribution in [0, 0.1) is 5.92 Å². The van der Waals surface area contributed by atoms with Crippen molar-refractivity contribution in [1.82, 2.24) is 4.90 Å². The summed E-state index contributed by atoms with van der Waals surface area (Å²) in [6.07, 6.45) is 1.92. The summed E-state index contributed by atoms with van der Waals surface area (Å²) in [5, 5.41) is 0. The molecule has 0 unspecified atom stereocenters. The van der Waals surface area contributed by atoms with E-state index in [2.05, 4.69) is 36.2 Å². The van der Waals surface area contributed by atoms with E-state index in [1.54, 1.807) is 0 Å². The minimum absolute atomic E-state index is 0.369. The molecular weight excluding hydrogens is 302 g/mol. The molecular formula is C16H25NO2S2. The minimum atomic E-state index is -2.75. The van der Waals surface area contributed by atoms with Crippen molar-refractivity contribution in [3.63, 3.8) is 0 Å². The highest BCUT2D eigenvalue weighted by molar-refractivity contribution is 7.99. The summed E-state index contributed by atoms with van der Waals surface area (Å²) in [5.41, 5.74) is 1.34. The topological polar surface area (TPSA) is 37.4 Å². The molecule has 118 valence electrons. The molecule has 0 aromatic heterocycles. The van der Waals surface area contributed by atoms with E-state index in [4.69, 9.17) is 0 Å². The van der Waals surface area contributed by atoms with Crippen LogP contribution in [-0.2, 0) is 16.4 Å². The van der Waals surface area contributed by atoms with Crippen molar-refractivity contribution in [2.75, 3.05) is 36.6 Å².